The van der Waals surface area contributed by atoms with E-state index >= 15 is 0 Å². The first kappa shape index (κ1) is 25.2. The zero-order valence-corrected chi connectivity index (χ0v) is 19.0. The number of likely N-dealkylation sites (N-methyl/N-ethyl adjacent to an activating group) is 1. The lowest BCUT2D eigenvalue weighted by Gasteiger charge is -2.30. The van der Waals surface area contributed by atoms with Gasteiger partial charge in [-0.15, -0.1) is 24.8 Å². The maximum atomic E-state index is 12.8. The van der Waals surface area contributed by atoms with E-state index in [0.29, 0.717) is 13.1 Å². The van der Waals surface area contributed by atoms with Crippen LogP contribution in [0.3, 0.4) is 0 Å². The molecule has 0 fully saturated rings. The van der Waals surface area contributed by atoms with Gasteiger partial charge in [-0.2, -0.15) is 0 Å². The summed E-state index contributed by atoms with van der Waals surface area (Å²) in [5.74, 6) is -1.54. The quantitative estimate of drug-likeness (QED) is 0.537. The van der Waals surface area contributed by atoms with Gasteiger partial charge in [-0.05, 0) is 42.1 Å². The van der Waals surface area contributed by atoms with Crippen molar-refractivity contribution in [3.05, 3.63) is 63.8 Å². The Morgan fingerprint density at radius 3 is 2.21 bits per heavy atom. The molecule has 5 nitrogen and oxygen atoms in total. The normalized spacial score (nSPS) is 13.8. The molecule has 0 aromatic heterocycles. The number of carbonyl (C=O) groups is 2. The second-order valence-corrected chi connectivity index (χ2v) is 8.19. The summed E-state index contributed by atoms with van der Waals surface area (Å²) >= 11 is 0. The van der Waals surface area contributed by atoms with Gasteiger partial charge in [-0.1, -0.05) is 60.9 Å². The van der Waals surface area contributed by atoms with Gasteiger partial charge in [0.15, 0.2) is 0 Å². The lowest BCUT2D eigenvalue weighted by molar-refractivity contribution is -0.140. The molecular formula is C21H27Cl2N3O2S. The lowest BCUT2D eigenvalue weighted by Crippen LogP contribution is -2.42. The van der Waals surface area contributed by atoms with Crippen LogP contribution in [0.1, 0.15) is 19.4 Å². The van der Waals surface area contributed by atoms with Crippen LogP contribution in [-0.4, -0.2) is 47.2 Å². The van der Waals surface area contributed by atoms with E-state index in [1.165, 1.54) is 0 Å². The summed E-state index contributed by atoms with van der Waals surface area (Å²) in [6.07, 6.45) is 2.13. The molecule has 0 saturated heterocycles. The Morgan fingerprint density at radius 2 is 1.55 bits per heavy atom. The van der Waals surface area contributed by atoms with E-state index in [1.807, 2.05) is 48.5 Å². The van der Waals surface area contributed by atoms with Crippen molar-refractivity contribution in [3.63, 3.8) is 0 Å². The number of amides is 2. The van der Waals surface area contributed by atoms with Crippen LogP contribution in [0.2, 0.25) is 0 Å². The summed E-state index contributed by atoms with van der Waals surface area (Å²) in [7, 11) is -0.678. The molecule has 3 rings (SSSR count). The first-order valence-corrected chi connectivity index (χ1v) is 10.4. The van der Waals surface area contributed by atoms with Crippen molar-refractivity contribution in [2.75, 3.05) is 26.2 Å². The number of halogens is 2. The van der Waals surface area contributed by atoms with Gasteiger partial charge >= 0.3 is 11.8 Å². The minimum atomic E-state index is -0.911. The fourth-order valence-electron chi connectivity index (χ4n) is 3.25. The fraction of sp³-hybridized carbons (Fsp3) is 0.286. The van der Waals surface area contributed by atoms with Crippen molar-refractivity contribution in [1.82, 2.24) is 9.21 Å². The molecule has 2 amide bonds. The van der Waals surface area contributed by atoms with Gasteiger partial charge in [-0.25, -0.2) is 0 Å². The van der Waals surface area contributed by atoms with Crippen molar-refractivity contribution in [2.24, 2.45) is 5.73 Å². The molecule has 0 saturated carbocycles. The van der Waals surface area contributed by atoms with Crippen molar-refractivity contribution < 1.29 is 9.59 Å². The molecule has 2 aromatic rings. The molecular weight excluding hydrogens is 429 g/mol. The van der Waals surface area contributed by atoms with E-state index < -0.39 is 22.5 Å². The van der Waals surface area contributed by atoms with E-state index in [9.17, 15) is 9.59 Å². The van der Waals surface area contributed by atoms with Crippen LogP contribution in [0.25, 0.3) is 6.08 Å². The third-order valence-electron chi connectivity index (χ3n) is 4.74. The Labute approximate surface area is 186 Å². The van der Waals surface area contributed by atoms with Gasteiger partial charge in [0.1, 0.15) is 0 Å². The minimum Gasteiger partial charge on any atom is -0.361 e. The van der Waals surface area contributed by atoms with Crippen molar-refractivity contribution in [2.45, 2.75) is 18.7 Å². The first-order chi connectivity index (χ1) is 13.1. The second-order valence-electron chi connectivity index (χ2n) is 6.30. The molecule has 0 bridgehead atoms. The van der Waals surface area contributed by atoms with E-state index in [-0.39, 0.29) is 24.8 Å². The van der Waals surface area contributed by atoms with Crippen LogP contribution >= 0.6 is 35.5 Å². The van der Waals surface area contributed by atoms with Crippen molar-refractivity contribution in [3.8, 4) is 0 Å². The summed E-state index contributed by atoms with van der Waals surface area (Å²) in [4.78, 5) is 27.9. The van der Waals surface area contributed by atoms with E-state index in [2.05, 4.69) is 24.8 Å². The Morgan fingerprint density at radius 1 is 0.931 bits per heavy atom. The van der Waals surface area contributed by atoms with Crippen LogP contribution < -0.4 is 11.0 Å². The topological polar surface area (TPSA) is 66.6 Å². The highest BCUT2D eigenvalue weighted by Gasteiger charge is 2.26. The van der Waals surface area contributed by atoms with Crippen molar-refractivity contribution >= 4 is 53.4 Å². The third kappa shape index (κ3) is 5.39. The molecule has 0 radical (unpaired) electrons. The zero-order chi connectivity index (χ0) is 19.4. The number of rotatable bonds is 6. The molecule has 1 atom stereocenters. The van der Waals surface area contributed by atoms with E-state index in [1.54, 1.807) is 4.31 Å². The molecule has 1 aliphatic rings. The number of hydrogen-bond donors (Lipinski definition) is 1. The van der Waals surface area contributed by atoms with Crippen LogP contribution in [0.15, 0.2) is 53.4 Å². The average Bonchev–Trinajstić information content (AvgIpc) is 2.69. The maximum Gasteiger partial charge on any atom is 0.321 e. The molecule has 0 spiro atoms. The maximum absolute atomic E-state index is 12.8. The molecule has 8 heteroatoms. The fourth-order valence-corrected chi connectivity index (χ4v) is 5.59. The largest absolute Gasteiger partial charge is 0.361 e. The molecule has 29 heavy (non-hydrogen) atoms. The molecule has 2 aromatic carbocycles. The number of primary amides is 1. The van der Waals surface area contributed by atoms with E-state index in [0.717, 1.165) is 33.3 Å². The summed E-state index contributed by atoms with van der Waals surface area (Å²) < 4.78 is 2.70. The monoisotopic (exact) mass is 455 g/mol. The van der Waals surface area contributed by atoms with Crippen LogP contribution in [0.5, 0.6) is 0 Å². The summed E-state index contributed by atoms with van der Waals surface area (Å²) in [5, 5.41) is 1.07. The zero-order valence-electron chi connectivity index (χ0n) is 16.5. The number of hydrogen-bond acceptors (Lipinski definition) is 3. The van der Waals surface area contributed by atoms with E-state index in [4.69, 9.17) is 5.73 Å². The Kier molecular flexibility index (Phi) is 9.86. The predicted molar refractivity (Wildman–Crippen MR) is 124 cm³/mol. The lowest BCUT2D eigenvalue weighted by atomic mass is 10.1. The molecule has 1 heterocycles. The second kappa shape index (κ2) is 11.4. The Balaban J connectivity index is 0.00000210. The molecule has 2 N–H and O–H groups in total. The average molecular weight is 456 g/mol. The SMILES string of the molecule is CCN(CC)CCN(C(=O)C(N)=O)S1=c2ccccc2=Cc2ccccc21.Cl.Cl. The number of carbonyl (C=O) groups excluding carboxylic acids is 2. The summed E-state index contributed by atoms with van der Waals surface area (Å²) in [5.41, 5.74) is 6.48. The molecule has 1 unspecified atom stereocenters. The van der Waals surface area contributed by atoms with Crippen LogP contribution in [0.4, 0.5) is 0 Å². The van der Waals surface area contributed by atoms with Gasteiger partial charge < -0.3 is 10.6 Å². The highest BCUT2D eigenvalue weighted by molar-refractivity contribution is 8.08. The highest BCUT2D eigenvalue weighted by Crippen LogP contribution is 2.38. The highest BCUT2D eigenvalue weighted by atomic mass is 35.5. The van der Waals surface area contributed by atoms with Crippen molar-refractivity contribution in [1.29, 1.82) is 0 Å². The van der Waals surface area contributed by atoms with Gasteiger partial charge in [0.05, 0.1) is 0 Å². The first-order valence-electron chi connectivity index (χ1n) is 9.17. The molecule has 158 valence electrons. The Bertz CT molecular complexity index is 993. The van der Waals surface area contributed by atoms with Gasteiger partial charge in [0.25, 0.3) is 0 Å². The number of nitrogens with zero attached hydrogens (tertiary/aromatic N) is 2. The van der Waals surface area contributed by atoms with Gasteiger partial charge in [-0.3, -0.25) is 13.9 Å². The summed E-state index contributed by atoms with van der Waals surface area (Å²) in [6.45, 7) is 7.12. The predicted octanol–water partition coefficient (Wildman–Crippen LogP) is 2.82. The summed E-state index contributed by atoms with van der Waals surface area (Å²) in [6, 6.07) is 16.1. The molecule has 0 aliphatic carbocycles. The third-order valence-corrected chi connectivity index (χ3v) is 7.10. The number of fused-ring (bicyclic) bond motifs is 2. The van der Waals surface area contributed by atoms with Gasteiger partial charge in [0, 0.05) is 22.5 Å². The number of benzene rings is 2. The Hall–Kier alpha value is -1.86. The van der Waals surface area contributed by atoms with Crippen LogP contribution in [-0.2, 0) is 9.59 Å². The number of nitrogens with two attached hydrogens (primary N) is 1. The standard InChI is InChI=1S/C21H25N3O2S.2ClH/c1-3-23(4-2)13-14-24(21(26)20(22)25)27-18-11-7-5-9-16(18)15-17-10-6-8-12-19(17)27;;/h5-12,15H,3-4,13-14H2,1-2H3,(H2,22,25);2*1H. The molecule has 1 aliphatic heterocycles. The minimum absolute atomic E-state index is 0. The van der Waals surface area contributed by atoms with Crippen LogP contribution in [0, 0.1) is 4.51 Å². The smallest absolute Gasteiger partial charge is 0.321 e. The van der Waals surface area contributed by atoms with Gasteiger partial charge in [0.2, 0.25) is 0 Å².